The fraction of sp³-hybridized carbons (Fsp3) is 0.917. The Morgan fingerprint density at radius 3 is 2.44 bits per heavy atom. The van der Waals surface area contributed by atoms with E-state index in [2.05, 4.69) is 39.2 Å². The maximum absolute atomic E-state index is 11.4. The Morgan fingerprint density at radius 2 is 2.06 bits per heavy atom. The molecule has 1 heterocycles. The Balaban J connectivity index is 1.86. The number of amides is 1. The second-order valence-corrected chi connectivity index (χ2v) is 11.5. The van der Waals surface area contributed by atoms with E-state index in [1.165, 1.54) is 0 Å². The quantitative estimate of drug-likeness (QED) is 0.769. The van der Waals surface area contributed by atoms with Crippen LogP contribution < -0.4 is 5.32 Å². The molecule has 1 N–H and O–H groups in total. The van der Waals surface area contributed by atoms with Gasteiger partial charge in [0.15, 0.2) is 8.32 Å². The monoisotopic (exact) mass is 241 g/mol. The average molecular weight is 241 g/mol. The highest BCUT2D eigenvalue weighted by molar-refractivity contribution is 6.74. The van der Waals surface area contributed by atoms with E-state index in [-0.39, 0.29) is 17.0 Å². The SMILES string of the molecule is CC(C)(C)[Si](C)(C)OC[C@@H]1NC(=O)[C@H]2C[C@@H]12. The fourth-order valence-corrected chi connectivity index (χ4v) is 3.07. The maximum Gasteiger partial charge on any atom is 0.223 e. The standard InChI is InChI=1S/C12H23NO2Si/c1-12(2,3)16(4,5)15-7-10-8-6-9(8)11(14)13-10/h8-10H,6-7H2,1-5H3,(H,13,14)/t8-,9+,10+/m1/s1. The second-order valence-electron chi connectivity index (χ2n) is 6.69. The van der Waals surface area contributed by atoms with Crippen molar-refractivity contribution in [2.45, 2.75) is 51.4 Å². The van der Waals surface area contributed by atoms with Crippen molar-refractivity contribution in [2.24, 2.45) is 11.8 Å². The zero-order valence-corrected chi connectivity index (χ0v) is 12.0. The number of carbonyl (C=O) groups excluding carboxylic acids is 1. The molecule has 3 atom stereocenters. The number of piperidine rings is 1. The van der Waals surface area contributed by atoms with Gasteiger partial charge in [0, 0.05) is 5.92 Å². The predicted octanol–water partition coefficient (Wildman–Crippen LogP) is 2.14. The van der Waals surface area contributed by atoms with E-state index in [9.17, 15) is 4.79 Å². The van der Waals surface area contributed by atoms with Gasteiger partial charge in [0.25, 0.3) is 0 Å². The van der Waals surface area contributed by atoms with E-state index < -0.39 is 8.32 Å². The molecule has 92 valence electrons. The molecule has 4 heteroatoms. The van der Waals surface area contributed by atoms with E-state index >= 15 is 0 Å². The van der Waals surface area contributed by atoms with Crippen LogP contribution in [0.4, 0.5) is 0 Å². The van der Waals surface area contributed by atoms with Crippen LogP contribution in [-0.4, -0.2) is 26.9 Å². The van der Waals surface area contributed by atoms with E-state index in [0.717, 1.165) is 6.42 Å². The highest BCUT2D eigenvalue weighted by atomic mass is 28.4. The van der Waals surface area contributed by atoms with E-state index in [1.807, 2.05) is 0 Å². The van der Waals surface area contributed by atoms with Crippen LogP contribution in [-0.2, 0) is 9.22 Å². The Hall–Kier alpha value is -0.353. The van der Waals surface area contributed by atoms with Gasteiger partial charge >= 0.3 is 0 Å². The minimum Gasteiger partial charge on any atom is -0.415 e. The smallest absolute Gasteiger partial charge is 0.223 e. The molecule has 0 spiro atoms. The highest BCUT2D eigenvalue weighted by Crippen LogP contribution is 2.46. The molecule has 3 nitrogen and oxygen atoms in total. The number of hydrogen-bond acceptors (Lipinski definition) is 2. The summed E-state index contributed by atoms with van der Waals surface area (Å²) in [6.45, 7) is 12.0. The normalized spacial score (nSPS) is 33.6. The van der Waals surface area contributed by atoms with Crippen LogP contribution in [0.15, 0.2) is 0 Å². The lowest BCUT2D eigenvalue weighted by molar-refractivity contribution is -0.121. The molecule has 0 aromatic carbocycles. The number of hydrogen-bond donors (Lipinski definition) is 1. The summed E-state index contributed by atoms with van der Waals surface area (Å²) in [5.74, 6) is 1.12. The van der Waals surface area contributed by atoms with E-state index in [1.54, 1.807) is 0 Å². The first-order chi connectivity index (χ1) is 7.22. The van der Waals surface area contributed by atoms with Crippen LogP contribution in [0.2, 0.25) is 18.1 Å². The van der Waals surface area contributed by atoms with Gasteiger partial charge in [-0.15, -0.1) is 0 Å². The average Bonchev–Trinajstić information content (AvgIpc) is 2.84. The largest absolute Gasteiger partial charge is 0.415 e. The van der Waals surface area contributed by atoms with Gasteiger partial charge in [0.05, 0.1) is 12.6 Å². The Morgan fingerprint density at radius 1 is 1.44 bits per heavy atom. The summed E-state index contributed by atoms with van der Waals surface area (Å²) in [5.41, 5.74) is 0. The van der Waals surface area contributed by atoms with Crippen LogP contribution in [0.1, 0.15) is 27.2 Å². The van der Waals surface area contributed by atoms with Crippen LogP contribution >= 0.6 is 0 Å². The number of fused-ring (bicyclic) bond motifs is 1. The summed E-state index contributed by atoms with van der Waals surface area (Å²) in [6, 6.07) is 0.284. The lowest BCUT2D eigenvalue weighted by Gasteiger charge is -2.37. The van der Waals surface area contributed by atoms with Gasteiger partial charge in [-0.25, -0.2) is 0 Å². The third-order valence-electron chi connectivity index (χ3n) is 4.45. The molecule has 0 aromatic heterocycles. The minimum atomic E-state index is -1.66. The van der Waals surface area contributed by atoms with Gasteiger partial charge in [-0.05, 0) is 30.5 Å². The van der Waals surface area contributed by atoms with Gasteiger partial charge < -0.3 is 9.74 Å². The molecule has 1 aliphatic heterocycles. The van der Waals surface area contributed by atoms with Crippen LogP contribution in [0.3, 0.4) is 0 Å². The molecule has 2 aliphatic rings. The molecular formula is C12H23NO2Si. The van der Waals surface area contributed by atoms with Gasteiger partial charge in [0.2, 0.25) is 5.91 Å². The van der Waals surface area contributed by atoms with Crippen LogP contribution in [0.5, 0.6) is 0 Å². The maximum atomic E-state index is 11.4. The topological polar surface area (TPSA) is 38.3 Å². The summed E-state index contributed by atoms with van der Waals surface area (Å²) in [4.78, 5) is 11.4. The number of rotatable bonds is 3. The van der Waals surface area contributed by atoms with Crippen molar-refractivity contribution in [3.63, 3.8) is 0 Å². The Kier molecular flexibility index (Phi) is 2.70. The lowest BCUT2D eigenvalue weighted by atomic mass is 10.2. The fourth-order valence-electron chi connectivity index (χ4n) is 2.04. The zero-order chi connectivity index (χ0) is 12.1. The highest BCUT2D eigenvalue weighted by Gasteiger charge is 2.54. The second kappa shape index (κ2) is 3.57. The lowest BCUT2D eigenvalue weighted by Crippen LogP contribution is -2.45. The van der Waals surface area contributed by atoms with Crippen LogP contribution in [0.25, 0.3) is 0 Å². The van der Waals surface area contributed by atoms with Crippen molar-refractivity contribution in [1.29, 1.82) is 0 Å². The first kappa shape index (κ1) is 12.1. The van der Waals surface area contributed by atoms with E-state index in [0.29, 0.717) is 18.4 Å². The van der Waals surface area contributed by atoms with E-state index in [4.69, 9.17) is 4.43 Å². The van der Waals surface area contributed by atoms with Crippen molar-refractivity contribution < 1.29 is 9.22 Å². The molecule has 2 fully saturated rings. The van der Waals surface area contributed by atoms with Crippen molar-refractivity contribution in [3.05, 3.63) is 0 Å². The van der Waals surface area contributed by atoms with Gasteiger partial charge in [0.1, 0.15) is 0 Å². The summed E-state index contributed by atoms with van der Waals surface area (Å²) in [5, 5.41) is 3.28. The third kappa shape index (κ3) is 2.05. The Bertz CT molecular complexity index is 309. The molecular weight excluding hydrogens is 218 g/mol. The Labute approximate surface area is 99.1 Å². The molecule has 0 unspecified atom stereocenters. The molecule has 2 rings (SSSR count). The van der Waals surface area contributed by atoms with Crippen LogP contribution in [0, 0.1) is 11.8 Å². The van der Waals surface area contributed by atoms with Crippen molar-refractivity contribution in [1.82, 2.24) is 5.32 Å². The summed E-state index contributed by atoms with van der Waals surface area (Å²) >= 11 is 0. The number of nitrogens with one attached hydrogen (secondary N) is 1. The van der Waals surface area contributed by atoms with Gasteiger partial charge in [-0.2, -0.15) is 0 Å². The first-order valence-corrected chi connectivity index (χ1v) is 9.07. The van der Waals surface area contributed by atoms with Crippen molar-refractivity contribution in [2.75, 3.05) is 6.61 Å². The molecule has 16 heavy (non-hydrogen) atoms. The summed E-state index contributed by atoms with van der Waals surface area (Å²) < 4.78 is 6.15. The predicted molar refractivity (Wildman–Crippen MR) is 66.7 cm³/mol. The molecule has 1 amide bonds. The molecule has 1 saturated carbocycles. The summed E-state index contributed by atoms with van der Waals surface area (Å²) in [7, 11) is -1.66. The van der Waals surface area contributed by atoms with Gasteiger partial charge in [-0.1, -0.05) is 20.8 Å². The van der Waals surface area contributed by atoms with Gasteiger partial charge in [-0.3, -0.25) is 4.79 Å². The minimum absolute atomic E-state index is 0.244. The van der Waals surface area contributed by atoms with Crippen molar-refractivity contribution >= 4 is 14.2 Å². The molecule has 0 aromatic rings. The molecule has 0 bridgehead atoms. The molecule has 1 aliphatic carbocycles. The third-order valence-corrected chi connectivity index (χ3v) is 8.95. The molecule has 1 saturated heterocycles. The summed E-state index contributed by atoms with van der Waals surface area (Å²) in [6.07, 6.45) is 1.08. The number of carbonyl (C=O) groups is 1. The first-order valence-electron chi connectivity index (χ1n) is 6.17. The molecule has 0 radical (unpaired) electrons. The van der Waals surface area contributed by atoms with Crippen molar-refractivity contribution in [3.8, 4) is 0 Å². The zero-order valence-electron chi connectivity index (χ0n) is 11.0.